The Kier molecular flexibility index (Phi) is 4.04. The molecule has 0 bridgehead atoms. The van der Waals surface area contributed by atoms with Gasteiger partial charge in [0.15, 0.2) is 5.78 Å². The van der Waals surface area contributed by atoms with Crippen LogP contribution in [0, 0.1) is 13.8 Å². The number of ketones is 1. The summed E-state index contributed by atoms with van der Waals surface area (Å²) in [4.78, 5) is 37.5. The quantitative estimate of drug-likeness (QED) is 0.543. The van der Waals surface area contributed by atoms with Crippen molar-refractivity contribution in [3.8, 4) is 16.9 Å². The molecule has 0 atom stereocenters. The first kappa shape index (κ1) is 17.4. The second-order valence-corrected chi connectivity index (χ2v) is 7.34. The van der Waals surface area contributed by atoms with E-state index in [1.54, 1.807) is 14.0 Å². The number of nitrogens with zero attached hydrogens (tertiary/aromatic N) is 2. The maximum atomic E-state index is 12.5. The van der Waals surface area contributed by atoms with Gasteiger partial charge in [0.1, 0.15) is 21.1 Å². The van der Waals surface area contributed by atoms with Gasteiger partial charge in [-0.2, -0.15) is 0 Å². The van der Waals surface area contributed by atoms with Crippen LogP contribution in [0.5, 0.6) is 5.75 Å². The lowest BCUT2D eigenvalue weighted by Gasteiger charge is -2.12. The number of aromatic amines is 1. The standard InChI is InChI=1S/C20H17N3O3S/c1-9-14(10(2)24)15(12-5-7-13(26-4)8-6-12)16-17-18(27-20(16)21-9)19(25)23-11(3)22-17/h5-8H,1-4H3,(H,22,23,25). The zero-order chi connectivity index (χ0) is 19.3. The van der Waals surface area contributed by atoms with Gasteiger partial charge in [-0.3, -0.25) is 9.59 Å². The lowest BCUT2D eigenvalue weighted by molar-refractivity contribution is 0.101. The number of methoxy groups -OCH3 is 1. The smallest absolute Gasteiger partial charge is 0.268 e. The van der Waals surface area contributed by atoms with E-state index in [2.05, 4.69) is 15.0 Å². The van der Waals surface area contributed by atoms with Gasteiger partial charge in [-0.05, 0) is 38.5 Å². The topological polar surface area (TPSA) is 84.9 Å². The normalized spacial score (nSPS) is 11.3. The van der Waals surface area contributed by atoms with Crippen LogP contribution >= 0.6 is 11.3 Å². The van der Waals surface area contributed by atoms with Crippen LogP contribution in [0.3, 0.4) is 0 Å². The first-order valence-corrected chi connectivity index (χ1v) is 9.21. The number of benzene rings is 1. The number of thiophene rings is 1. The number of hydrogen-bond acceptors (Lipinski definition) is 6. The number of carbonyl (C=O) groups is 1. The van der Waals surface area contributed by atoms with Crippen molar-refractivity contribution >= 4 is 37.6 Å². The Morgan fingerprint density at radius 2 is 1.85 bits per heavy atom. The number of aromatic nitrogens is 3. The first-order chi connectivity index (χ1) is 12.9. The van der Waals surface area contributed by atoms with Crippen LogP contribution in [0.25, 0.3) is 31.6 Å². The van der Waals surface area contributed by atoms with Crippen LogP contribution in [-0.4, -0.2) is 27.8 Å². The molecule has 0 saturated heterocycles. The van der Waals surface area contributed by atoms with Gasteiger partial charge in [0.05, 0.1) is 18.3 Å². The van der Waals surface area contributed by atoms with E-state index in [9.17, 15) is 9.59 Å². The molecular formula is C20H17N3O3S. The number of Topliss-reactive ketones (excluding diaryl/α,β-unsaturated/α-hetero) is 1. The van der Waals surface area contributed by atoms with E-state index < -0.39 is 0 Å². The molecule has 7 heteroatoms. The second kappa shape index (κ2) is 6.28. The Morgan fingerprint density at radius 3 is 2.48 bits per heavy atom. The molecule has 4 aromatic rings. The molecule has 1 N–H and O–H groups in total. The molecule has 3 aromatic heterocycles. The predicted octanol–water partition coefficient (Wildman–Crippen LogP) is 4.03. The Hall–Kier alpha value is -3.06. The Morgan fingerprint density at radius 1 is 1.15 bits per heavy atom. The van der Waals surface area contributed by atoms with Crippen LogP contribution < -0.4 is 10.3 Å². The number of ether oxygens (including phenoxy) is 1. The van der Waals surface area contributed by atoms with Crippen molar-refractivity contribution < 1.29 is 9.53 Å². The van der Waals surface area contributed by atoms with E-state index in [1.165, 1.54) is 18.3 Å². The van der Waals surface area contributed by atoms with Crippen LogP contribution in [-0.2, 0) is 0 Å². The van der Waals surface area contributed by atoms with Gasteiger partial charge < -0.3 is 9.72 Å². The SMILES string of the molecule is COc1ccc(-c2c(C(C)=O)c(C)nc3sc4c(=O)[nH]c(C)nc4c23)cc1. The Balaban J connectivity index is 2.22. The van der Waals surface area contributed by atoms with Crippen molar-refractivity contribution in [2.75, 3.05) is 7.11 Å². The number of fused-ring (bicyclic) bond motifs is 3. The van der Waals surface area contributed by atoms with Crippen LogP contribution in [0.4, 0.5) is 0 Å². The van der Waals surface area contributed by atoms with Crippen molar-refractivity contribution in [2.45, 2.75) is 20.8 Å². The number of rotatable bonds is 3. The molecule has 0 unspecified atom stereocenters. The van der Waals surface area contributed by atoms with Crippen molar-refractivity contribution in [3.05, 3.63) is 51.7 Å². The third kappa shape index (κ3) is 2.71. The number of aryl methyl sites for hydroxylation is 2. The molecule has 4 rings (SSSR count). The predicted molar refractivity (Wildman–Crippen MR) is 107 cm³/mol. The fourth-order valence-electron chi connectivity index (χ4n) is 3.38. The molecule has 0 radical (unpaired) electrons. The molecule has 27 heavy (non-hydrogen) atoms. The summed E-state index contributed by atoms with van der Waals surface area (Å²) in [7, 11) is 1.61. The van der Waals surface area contributed by atoms with E-state index >= 15 is 0 Å². The highest BCUT2D eigenvalue weighted by Crippen LogP contribution is 2.40. The number of pyridine rings is 1. The number of nitrogens with one attached hydrogen (secondary N) is 1. The fourth-order valence-corrected chi connectivity index (χ4v) is 4.45. The second-order valence-electron chi connectivity index (χ2n) is 6.34. The van der Waals surface area contributed by atoms with E-state index in [4.69, 9.17) is 4.74 Å². The summed E-state index contributed by atoms with van der Waals surface area (Å²) in [6.45, 7) is 5.09. The van der Waals surface area contributed by atoms with Crippen LogP contribution in [0.1, 0.15) is 28.8 Å². The molecule has 1 aromatic carbocycles. The number of H-pyrrole nitrogens is 1. The van der Waals surface area contributed by atoms with Crippen molar-refractivity contribution in [1.82, 2.24) is 15.0 Å². The Labute approximate surface area is 158 Å². The molecule has 3 heterocycles. The van der Waals surface area contributed by atoms with Gasteiger partial charge in [-0.25, -0.2) is 9.97 Å². The third-order valence-corrected chi connectivity index (χ3v) is 5.58. The zero-order valence-electron chi connectivity index (χ0n) is 15.3. The van der Waals surface area contributed by atoms with Crippen LogP contribution in [0.15, 0.2) is 29.1 Å². The monoisotopic (exact) mass is 379 g/mol. The molecule has 136 valence electrons. The lowest BCUT2D eigenvalue weighted by Crippen LogP contribution is -2.07. The minimum absolute atomic E-state index is 0.0753. The molecule has 0 saturated carbocycles. The lowest BCUT2D eigenvalue weighted by atomic mass is 9.93. The van der Waals surface area contributed by atoms with E-state index in [1.807, 2.05) is 31.2 Å². The van der Waals surface area contributed by atoms with Gasteiger partial charge in [-0.1, -0.05) is 12.1 Å². The highest BCUT2D eigenvalue weighted by molar-refractivity contribution is 7.25. The molecule has 6 nitrogen and oxygen atoms in total. The molecule has 0 fully saturated rings. The summed E-state index contributed by atoms with van der Waals surface area (Å²) >= 11 is 1.29. The van der Waals surface area contributed by atoms with E-state index in [0.717, 1.165) is 22.3 Å². The van der Waals surface area contributed by atoms with Crippen LogP contribution in [0.2, 0.25) is 0 Å². The van der Waals surface area contributed by atoms with Gasteiger partial charge in [0.2, 0.25) is 0 Å². The van der Waals surface area contributed by atoms with Crippen molar-refractivity contribution in [3.63, 3.8) is 0 Å². The number of carbonyl (C=O) groups excluding carboxylic acids is 1. The summed E-state index contributed by atoms with van der Waals surface area (Å²) in [5, 5.41) is 0.741. The maximum absolute atomic E-state index is 12.5. The van der Waals surface area contributed by atoms with E-state index in [-0.39, 0.29) is 11.3 Å². The summed E-state index contributed by atoms with van der Waals surface area (Å²) in [5.41, 5.74) is 3.19. The van der Waals surface area contributed by atoms with E-state index in [0.29, 0.717) is 32.1 Å². The van der Waals surface area contributed by atoms with Crippen molar-refractivity contribution in [2.24, 2.45) is 0 Å². The summed E-state index contributed by atoms with van der Waals surface area (Å²) in [6, 6.07) is 7.51. The molecule has 0 aliphatic heterocycles. The molecule has 0 aliphatic carbocycles. The number of hydrogen-bond donors (Lipinski definition) is 1. The highest BCUT2D eigenvalue weighted by Gasteiger charge is 2.23. The fraction of sp³-hybridized carbons (Fsp3) is 0.200. The minimum Gasteiger partial charge on any atom is -0.497 e. The maximum Gasteiger partial charge on any atom is 0.268 e. The van der Waals surface area contributed by atoms with Gasteiger partial charge in [0, 0.05) is 16.5 Å². The van der Waals surface area contributed by atoms with Gasteiger partial charge >= 0.3 is 0 Å². The molecule has 0 spiro atoms. The summed E-state index contributed by atoms with van der Waals surface area (Å²) < 4.78 is 5.76. The average molecular weight is 379 g/mol. The molecular weight excluding hydrogens is 362 g/mol. The molecule has 0 aliphatic rings. The highest BCUT2D eigenvalue weighted by atomic mass is 32.1. The molecule has 0 amide bonds. The Bertz CT molecular complexity index is 1270. The van der Waals surface area contributed by atoms with Gasteiger partial charge in [0.25, 0.3) is 5.56 Å². The minimum atomic E-state index is -0.191. The van der Waals surface area contributed by atoms with Crippen molar-refractivity contribution in [1.29, 1.82) is 0 Å². The zero-order valence-corrected chi connectivity index (χ0v) is 16.2. The summed E-state index contributed by atoms with van der Waals surface area (Å²) in [5.74, 6) is 1.18. The average Bonchev–Trinajstić information content (AvgIpc) is 2.98. The van der Waals surface area contributed by atoms with Gasteiger partial charge in [-0.15, -0.1) is 11.3 Å². The first-order valence-electron chi connectivity index (χ1n) is 8.39. The largest absolute Gasteiger partial charge is 0.497 e. The third-order valence-electron chi connectivity index (χ3n) is 4.51. The summed E-state index contributed by atoms with van der Waals surface area (Å²) in [6.07, 6.45) is 0.